The van der Waals surface area contributed by atoms with E-state index in [9.17, 15) is 0 Å². The lowest BCUT2D eigenvalue weighted by Crippen LogP contribution is -1.97. The van der Waals surface area contributed by atoms with Crippen molar-refractivity contribution in [3.05, 3.63) is 164 Å². The number of pyridine rings is 1. The van der Waals surface area contributed by atoms with E-state index in [1.165, 1.54) is 25.6 Å². The standard InChI is InChI=1S/C47H27N3OS/c1-3-13-28(14-4-1)38-27-39(50-47(49-38)29-15-5-2-6-16-29)35-26-36-43(44-33-19-9-12-22-42(33)52-46(35)44)32-18-7-10-20-37(32)48-45(36)30-23-24-41-34(25-30)31-17-8-11-21-40(31)51-41/h1-27H. The molecule has 0 aliphatic carbocycles. The first-order valence-electron chi connectivity index (χ1n) is 17.4. The van der Waals surface area contributed by atoms with Crippen molar-refractivity contribution < 1.29 is 4.42 Å². The maximum Gasteiger partial charge on any atom is 0.160 e. The van der Waals surface area contributed by atoms with Gasteiger partial charge < -0.3 is 4.42 Å². The van der Waals surface area contributed by atoms with Gasteiger partial charge in [-0.15, -0.1) is 11.3 Å². The largest absolute Gasteiger partial charge is 0.456 e. The molecule has 0 bridgehead atoms. The fourth-order valence-electron chi connectivity index (χ4n) is 7.67. The van der Waals surface area contributed by atoms with Gasteiger partial charge in [-0.3, -0.25) is 0 Å². The third-order valence-electron chi connectivity index (χ3n) is 10.1. The van der Waals surface area contributed by atoms with E-state index in [2.05, 4.69) is 127 Å². The number of aromatic nitrogens is 3. The number of benzene rings is 7. The molecule has 7 aromatic carbocycles. The smallest absolute Gasteiger partial charge is 0.160 e. The van der Waals surface area contributed by atoms with Gasteiger partial charge in [0.05, 0.1) is 22.6 Å². The molecular weight excluding hydrogens is 655 g/mol. The summed E-state index contributed by atoms with van der Waals surface area (Å²) in [7, 11) is 0. The summed E-state index contributed by atoms with van der Waals surface area (Å²) in [6.07, 6.45) is 0. The Balaban J connectivity index is 1.29. The second-order valence-electron chi connectivity index (χ2n) is 13.1. The van der Waals surface area contributed by atoms with Crippen molar-refractivity contribution >= 4 is 75.1 Å². The molecule has 242 valence electrons. The zero-order valence-electron chi connectivity index (χ0n) is 27.7. The van der Waals surface area contributed by atoms with Gasteiger partial charge in [0.1, 0.15) is 11.2 Å². The number of fused-ring (bicyclic) bond motifs is 10. The molecule has 52 heavy (non-hydrogen) atoms. The van der Waals surface area contributed by atoms with Crippen LogP contribution in [-0.4, -0.2) is 15.0 Å². The summed E-state index contributed by atoms with van der Waals surface area (Å²) >= 11 is 1.82. The summed E-state index contributed by atoms with van der Waals surface area (Å²) in [6, 6.07) is 57.1. The van der Waals surface area contributed by atoms with Crippen molar-refractivity contribution in [2.24, 2.45) is 0 Å². The molecule has 0 spiro atoms. The van der Waals surface area contributed by atoms with E-state index in [0.717, 1.165) is 77.6 Å². The highest BCUT2D eigenvalue weighted by molar-refractivity contribution is 7.26. The molecule has 0 N–H and O–H groups in total. The number of para-hydroxylation sites is 2. The molecule has 11 rings (SSSR count). The highest BCUT2D eigenvalue weighted by Gasteiger charge is 2.22. The van der Waals surface area contributed by atoms with Crippen molar-refractivity contribution in [3.63, 3.8) is 0 Å². The Morgan fingerprint density at radius 1 is 0.423 bits per heavy atom. The first kappa shape index (κ1) is 29.1. The van der Waals surface area contributed by atoms with Gasteiger partial charge in [-0.2, -0.15) is 0 Å². The van der Waals surface area contributed by atoms with Gasteiger partial charge in [0, 0.05) is 69.4 Å². The van der Waals surface area contributed by atoms with Crippen molar-refractivity contribution in [2.45, 2.75) is 0 Å². The average Bonchev–Trinajstić information content (AvgIpc) is 3.79. The molecule has 4 heterocycles. The molecule has 0 saturated heterocycles. The van der Waals surface area contributed by atoms with Crippen molar-refractivity contribution in [1.82, 2.24) is 15.0 Å². The highest BCUT2D eigenvalue weighted by atomic mass is 32.1. The Hall–Kier alpha value is -6.69. The fraction of sp³-hybridized carbons (Fsp3) is 0. The zero-order valence-corrected chi connectivity index (χ0v) is 28.6. The minimum Gasteiger partial charge on any atom is -0.456 e. The summed E-state index contributed by atoms with van der Waals surface area (Å²) in [5, 5.41) is 8.05. The topological polar surface area (TPSA) is 51.8 Å². The van der Waals surface area contributed by atoms with E-state index in [1.54, 1.807) is 0 Å². The van der Waals surface area contributed by atoms with Crippen molar-refractivity contribution in [3.8, 4) is 45.2 Å². The minimum absolute atomic E-state index is 0.695. The van der Waals surface area contributed by atoms with Crippen molar-refractivity contribution in [2.75, 3.05) is 0 Å². The summed E-state index contributed by atoms with van der Waals surface area (Å²) < 4.78 is 8.67. The lowest BCUT2D eigenvalue weighted by Gasteiger charge is -2.15. The van der Waals surface area contributed by atoms with Gasteiger partial charge in [0.15, 0.2) is 5.82 Å². The molecule has 0 fully saturated rings. The van der Waals surface area contributed by atoms with E-state index in [0.29, 0.717) is 5.82 Å². The predicted octanol–water partition coefficient (Wildman–Crippen LogP) is 13.1. The van der Waals surface area contributed by atoms with Crippen LogP contribution in [0.2, 0.25) is 0 Å². The minimum atomic E-state index is 0.695. The molecule has 0 amide bonds. The zero-order chi connectivity index (χ0) is 34.2. The van der Waals surface area contributed by atoms with Crippen LogP contribution in [0.3, 0.4) is 0 Å². The van der Waals surface area contributed by atoms with Gasteiger partial charge >= 0.3 is 0 Å². The first-order valence-corrected chi connectivity index (χ1v) is 18.2. The summed E-state index contributed by atoms with van der Waals surface area (Å²) in [4.78, 5) is 15.9. The number of nitrogens with zero attached hydrogens (tertiary/aromatic N) is 3. The Morgan fingerprint density at radius 3 is 1.94 bits per heavy atom. The Bertz CT molecular complexity index is 3120. The van der Waals surface area contributed by atoms with Crippen LogP contribution in [0.5, 0.6) is 0 Å². The molecule has 0 aliphatic heterocycles. The van der Waals surface area contributed by atoms with Crippen LogP contribution in [0.1, 0.15) is 0 Å². The van der Waals surface area contributed by atoms with Gasteiger partial charge in [-0.25, -0.2) is 15.0 Å². The van der Waals surface area contributed by atoms with E-state index in [-0.39, 0.29) is 0 Å². The van der Waals surface area contributed by atoms with Crippen molar-refractivity contribution in [1.29, 1.82) is 0 Å². The molecule has 0 saturated carbocycles. The second kappa shape index (κ2) is 11.4. The Morgan fingerprint density at radius 2 is 1.10 bits per heavy atom. The third-order valence-corrected chi connectivity index (χ3v) is 11.3. The molecular formula is C47H27N3OS. The fourth-order valence-corrected chi connectivity index (χ4v) is 8.91. The predicted molar refractivity (Wildman–Crippen MR) is 217 cm³/mol. The second-order valence-corrected chi connectivity index (χ2v) is 14.2. The number of thiophene rings is 1. The first-order chi connectivity index (χ1) is 25.8. The lowest BCUT2D eigenvalue weighted by molar-refractivity contribution is 0.669. The van der Waals surface area contributed by atoms with E-state index in [1.807, 2.05) is 47.7 Å². The van der Waals surface area contributed by atoms with Crippen LogP contribution in [0.15, 0.2) is 168 Å². The molecule has 11 aromatic rings. The molecule has 0 atom stereocenters. The number of hydrogen-bond donors (Lipinski definition) is 0. The SMILES string of the molecule is c1ccc(-c2cc(-c3cc4c(-c5ccc6oc7ccccc7c6c5)nc5ccccc5c4c4c3sc3ccccc34)nc(-c3ccccc3)n2)cc1. The molecule has 5 heteroatoms. The monoisotopic (exact) mass is 681 g/mol. The van der Waals surface area contributed by atoms with Crippen LogP contribution in [-0.2, 0) is 0 Å². The molecule has 0 unspecified atom stereocenters. The maximum absolute atomic E-state index is 6.24. The van der Waals surface area contributed by atoms with E-state index in [4.69, 9.17) is 19.4 Å². The molecule has 4 aromatic heterocycles. The van der Waals surface area contributed by atoms with Crippen LogP contribution in [0, 0.1) is 0 Å². The molecule has 0 radical (unpaired) electrons. The van der Waals surface area contributed by atoms with E-state index < -0.39 is 0 Å². The van der Waals surface area contributed by atoms with Gasteiger partial charge in [-0.05, 0) is 48.5 Å². The van der Waals surface area contributed by atoms with Crippen LogP contribution in [0.25, 0.3) is 109 Å². The molecule has 4 nitrogen and oxygen atoms in total. The highest BCUT2D eigenvalue weighted by Crippen LogP contribution is 2.48. The van der Waals surface area contributed by atoms with Gasteiger partial charge in [-0.1, -0.05) is 115 Å². The average molecular weight is 682 g/mol. The summed E-state index contributed by atoms with van der Waals surface area (Å²) in [5.41, 5.74) is 9.53. The maximum atomic E-state index is 6.24. The normalized spacial score (nSPS) is 11.8. The van der Waals surface area contributed by atoms with E-state index >= 15 is 0 Å². The van der Waals surface area contributed by atoms with Crippen LogP contribution >= 0.6 is 11.3 Å². The number of hydrogen-bond acceptors (Lipinski definition) is 5. The summed E-state index contributed by atoms with van der Waals surface area (Å²) in [5.74, 6) is 0.695. The summed E-state index contributed by atoms with van der Waals surface area (Å²) in [6.45, 7) is 0. The van der Waals surface area contributed by atoms with Crippen LogP contribution < -0.4 is 0 Å². The van der Waals surface area contributed by atoms with Crippen LogP contribution in [0.4, 0.5) is 0 Å². The van der Waals surface area contributed by atoms with Gasteiger partial charge in [0.2, 0.25) is 0 Å². The van der Waals surface area contributed by atoms with Gasteiger partial charge in [0.25, 0.3) is 0 Å². The molecule has 0 aliphatic rings. The Kier molecular flexibility index (Phi) is 6.39. The Labute approximate surface area is 302 Å². The third kappa shape index (κ3) is 4.50. The number of rotatable bonds is 4. The lowest BCUT2D eigenvalue weighted by atomic mass is 9.92. The number of furan rings is 1. The quantitative estimate of drug-likeness (QED) is 0.174.